The van der Waals surface area contributed by atoms with Crippen LogP contribution in [0.3, 0.4) is 0 Å². The van der Waals surface area contributed by atoms with Gasteiger partial charge in [-0.25, -0.2) is 0 Å². The van der Waals surface area contributed by atoms with Gasteiger partial charge in [-0.1, -0.05) is 6.07 Å². The van der Waals surface area contributed by atoms with E-state index >= 15 is 0 Å². The number of aryl methyl sites for hydroxylation is 1. The Morgan fingerprint density at radius 3 is 2.91 bits per heavy atom. The lowest BCUT2D eigenvalue weighted by Gasteiger charge is -2.18. The molecule has 0 saturated carbocycles. The van der Waals surface area contributed by atoms with Crippen LogP contribution in [0.25, 0.3) is 0 Å². The fraction of sp³-hybridized carbons (Fsp3) is 0.235. The Bertz CT molecular complexity index is 713. The minimum atomic E-state index is -0.163. The van der Waals surface area contributed by atoms with E-state index in [0.29, 0.717) is 18.4 Å². The Labute approximate surface area is 128 Å². The molecule has 0 radical (unpaired) electrons. The Morgan fingerprint density at radius 2 is 2.14 bits per heavy atom. The van der Waals surface area contributed by atoms with E-state index in [4.69, 9.17) is 0 Å². The zero-order chi connectivity index (χ0) is 15.5. The topological polar surface area (TPSA) is 71.1 Å². The number of rotatable bonds is 3. The van der Waals surface area contributed by atoms with Crippen molar-refractivity contribution in [3.8, 4) is 0 Å². The molecule has 2 amide bonds. The standard InChI is InChI=1S/C17H17N3O2/c1-11(14-4-2-3-9-18-14)19-17(22)13-5-7-15-12(10-13)6-8-16(21)20-15/h2-5,7,9-11H,6,8H2,1H3,(H,19,22)(H,20,21)/t11-/m1/s1. The van der Waals surface area contributed by atoms with Gasteiger partial charge in [-0.05, 0) is 49.2 Å². The molecule has 2 aromatic rings. The third kappa shape index (κ3) is 2.98. The maximum Gasteiger partial charge on any atom is 0.251 e. The summed E-state index contributed by atoms with van der Waals surface area (Å²) in [6.45, 7) is 1.90. The number of aromatic nitrogens is 1. The maximum absolute atomic E-state index is 12.4. The van der Waals surface area contributed by atoms with E-state index in [1.807, 2.05) is 31.2 Å². The van der Waals surface area contributed by atoms with Gasteiger partial charge in [0.25, 0.3) is 5.91 Å². The first-order valence-electron chi connectivity index (χ1n) is 7.28. The van der Waals surface area contributed by atoms with Crippen molar-refractivity contribution in [2.45, 2.75) is 25.8 Å². The van der Waals surface area contributed by atoms with Crippen LogP contribution in [0.5, 0.6) is 0 Å². The van der Waals surface area contributed by atoms with Gasteiger partial charge in [-0.15, -0.1) is 0 Å². The van der Waals surface area contributed by atoms with Gasteiger partial charge < -0.3 is 10.6 Å². The highest BCUT2D eigenvalue weighted by atomic mass is 16.2. The second-order valence-electron chi connectivity index (χ2n) is 5.37. The summed E-state index contributed by atoms with van der Waals surface area (Å²) in [6, 6.07) is 10.8. The molecule has 0 fully saturated rings. The third-order valence-corrected chi connectivity index (χ3v) is 3.74. The quantitative estimate of drug-likeness (QED) is 0.913. The molecule has 0 bridgehead atoms. The third-order valence-electron chi connectivity index (χ3n) is 3.74. The second kappa shape index (κ2) is 5.97. The molecule has 2 N–H and O–H groups in total. The Balaban J connectivity index is 1.74. The van der Waals surface area contributed by atoms with Crippen molar-refractivity contribution in [3.63, 3.8) is 0 Å². The molecule has 0 spiro atoms. The van der Waals surface area contributed by atoms with Gasteiger partial charge in [0, 0.05) is 23.9 Å². The SMILES string of the molecule is C[C@@H](NC(=O)c1ccc2c(c1)CCC(=O)N2)c1ccccn1. The Hall–Kier alpha value is -2.69. The molecule has 112 valence electrons. The monoisotopic (exact) mass is 295 g/mol. The Kier molecular flexibility index (Phi) is 3.87. The van der Waals surface area contributed by atoms with Crippen molar-refractivity contribution >= 4 is 17.5 Å². The summed E-state index contributed by atoms with van der Waals surface area (Å²) in [7, 11) is 0. The molecule has 22 heavy (non-hydrogen) atoms. The van der Waals surface area contributed by atoms with E-state index in [1.165, 1.54) is 0 Å². The lowest BCUT2D eigenvalue weighted by atomic mass is 10.00. The van der Waals surface area contributed by atoms with Crippen LogP contribution in [0.1, 0.15) is 41.0 Å². The first kappa shape index (κ1) is 14.3. The molecule has 0 saturated heterocycles. The van der Waals surface area contributed by atoms with Crippen molar-refractivity contribution in [1.82, 2.24) is 10.3 Å². The summed E-state index contributed by atoms with van der Waals surface area (Å²) in [6.07, 6.45) is 2.83. The van der Waals surface area contributed by atoms with Crippen LogP contribution in [0, 0.1) is 0 Å². The van der Waals surface area contributed by atoms with Gasteiger partial charge >= 0.3 is 0 Å². The van der Waals surface area contributed by atoms with Gasteiger partial charge in [0.05, 0.1) is 11.7 Å². The molecule has 5 heteroatoms. The summed E-state index contributed by atoms with van der Waals surface area (Å²) in [5.74, 6) is -0.119. The van der Waals surface area contributed by atoms with Crippen LogP contribution < -0.4 is 10.6 Å². The molecule has 1 atom stereocenters. The van der Waals surface area contributed by atoms with Crippen LogP contribution >= 0.6 is 0 Å². The largest absolute Gasteiger partial charge is 0.344 e. The normalized spacial score (nSPS) is 14.7. The van der Waals surface area contributed by atoms with Crippen LogP contribution in [-0.2, 0) is 11.2 Å². The van der Waals surface area contributed by atoms with E-state index in [9.17, 15) is 9.59 Å². The van der Waals surface area contributed by atoms with Gasteiger partial charge in [0.1, 0.15) is 0 Å². The minimum absolute atomic E-state index is 0.0217. The van der Waals surface area contributed by atoms with Gasteiger partial charge in [-0.2, -0.15) is 0 Å². The summed E-state index contributed by atoms with van der Waals surface area (Å²) in [5.41, 5.74) is 3.21. The van der Waals surface area contributed by atoms with Crippen LogP contribution in [0.4, 0.5) is 5.69 Å². The zero-order valence-electron chi connectivity index (χ0n) is 12.3. The number of hydrogen-bond donors (Lipinski definition) is 2. The highest BCUT2D eigenvalue weighted by Gasteiger charge is 2.18. The summed E-state index contributed by atoms with van der Waals surface area (Å²) in [5, 5.41) is 5.75. The van der Waals surface area contributed by atoms with Crippen molar-refractivity contribution in [3.05, 3.63) is 59.4 Å². The summed E-state index contributed by atoms with van der Waals surface area (Å²) in [4.78, 5) is 27.9. The van der Waals surface area contributed by atoms with Crippen molar-refractivity contribution < 1.29 is 9.59 Å². The van der Waals surface area contributed by atoms with Gasteiger partial charge in [0.15, 0.2) is 0 Å². The fourth-order valence-electron chi connectivity index (χ4n) is 2.51. The number of hydrogen-bond acceptors (Lipinski definition) is 3. The minimum Gasteiger partial charge on any atom is -0.344 e. The molecule has 0 aliphatic carbocycles. The maximum atomic E-state index is 12.4. The van der Waals surface area contributed by atoms with Crippen LogP contribution in [-0.4, -0.2) is 16.8 Å². The average molecular weight is 295 g/mol. The number of nitrogens with one attached hydrogen (secondary N) is 2. The molecule has 1 aliphatic heterocycles. The number of nitrogens with zero attached hydrogens (tertiary/aromatic N) is 1. The van der Waals surface area contributed by atoms with Gasteiger partial charge in [-0.3, -0.25) is 14.6 Å². The highest BCUT2D eigenvalue weighted by molar-refractivity contribution is 5.98. The highest BCUT2D eigenvalue weighted by Crippen LogP contribution is 2.23. The van der Waals surface area contributed by atoms with E-state index in [1.54, 1.807) is 18.3 Å². The lowest BCUT2D eigenvalue weighted by Crippen LogP contribution is -2.27. The lowest BCUT2D eigenvalue weighted by molar-refractivity contribution is -0.116. The fourth-order valence-corrected chi connectivity index (χ4v) is 2.51. The molecule has 5 nitrogen and oxygen atoms in total. The summed E-state index contributed by atoms with van der Waals surface area (Å²) >= 11 is 0. The predicted molar refractivity (Wildman–Crippen MR) is 83.5 cm³/mol. The molecule has 1 aliphatic rings. The molecule has 1 aromatic heterocycles. The van der Waals surface area contributed by atoms with Crippen LogP contribution in [0.15, 0.2) is 42.6 Å². The first-order valence-corrected chi connectivity index (χ1v) is 7.28. The molecule has 2 heterocycles. The number of fused-ring (bicyclic) bond motifs is 1. The van der Waals surface area contributed by atoms with Crippen molar-refractivity contribution in [2.75, 3.05) is 5.32 Å². The molecular weight excluding hydrogens is 278 g/mol. The molecule has 0 unspecified atom stereocenters. The zero-order valence-corrected chi connectivity index (χ0v) is 12.3. The number of amides is 2. The molecule has 1 aromatic carbocycles. The van der Waals surface area contributed by atoms with Crippen molar-refractivity contribution in [1.29, 1.82) is 0 Å². The first-order chi connectivity index (χ1) is 10.6. The molecular formula is C17H17N3O2. The average Bonchev–Trinajstić information content (AvgIpc) is 2.55. The van der Waals surface area contributed by atoms with E-state index < -0.39 is 0 Å². The van der Waals surface area contributed by atoms with E-state index in [2.05, 4.69) is 15.6 Å². The number of carbonyl (C=O) groups excluding carboxylic acids is 2. The van der Waals surface area contributed by atoms with E-state index in [0.717, 1.165) is 16.9 Å². The van der Waals surface area contributed by atoms with E-state index in [-0.39, 0.29) is 17.9 Å². The second-order valence-corrected chi connectivity index (χ2v) is 5.37. The van der Waals surface area contributed by atoms with Crippen molar-refractivity contribution in [2.24, 2.45) is 0 Å². The Morgan fingerprint density at radius 1 is 1.27 bits per heavy atom. The summed E-state index contributed by atoms with van der Waals surface area (Å²) < 4.78 is 0. The van der Waals surface area contributed by atoms with Crippen LogP contribution in [0.2, 0.25) is 0 Å². The smallest absolute Gasteiger partial charge is 0.251 e. The molecule has 3 rings (SSSR count). The number of carbonyl (C=O) groups is 2. The van der Waals surface area contributed by atoms with Gasteiger partial charge in [0.2, 0.25) is 5.91 Å². The predicted octanol–water partition coefficient (Wildman–Crippen LogP) is 2.46. The number of anilines is 1. The number of benzene rings is 1. The number of pyridine rings is 1.